The number of rotatable bonds is 11. The van der Waals surface area contributed by atoms with E-state index < -0.39 is 10.0 Å². The topological polar surface area (TPSA) is 49.4 Å². The molecule has 0 aromatic carbocycles. The molecule has 0 saturated heterocycles. The van der Waals surface area contributed by atoms with Crippen LogP contribution >= 0.6 is 0 Å². The zero-order valence-corrected chi connectivity index (χ0v) is 12.9. The Bertz CT molecular complexity index is 362. The SMILES string of the molecule is CCCN(CC1CC1)S(=O)(=O)CCCCNC1CC1. The van der Waals surface area contributed by atoms with Gasteiger partial charge in [-0.15, -0.1) is 0 Å². The lowest BCUT2D eigenvalue weighted by Crippen LogP contribution is -2.35. The largest absolute Gasteiger partial charge is 0.314 e. The molecule has 2 saturated carbocycles. The van der Waals surface area contributed by atoms with Gasteiger partial charge in [0.15, 0.2) is 0 Å². The number of hydrogen-bond donors (Lipinski definition) is 1. The van der Waals surface area contributed by atoms with Crippen molar-refractivity contribution >= 4 is 10.0 Å². The van der Waals surface area contributed by atoms with Crippen LogP contribution in [0.5, 0.6) is 0 Å². The lowest BCUT2D eigenvalue weighted by atomic mass is 10.3. The first-order chi connectivity index (χ1) is 9.12. The molecule has 2 rings (SSSR count). The van der Waals surface area contributed by atoms with Gasteiger partial charge in [-0.1, -0.05) is 6.92 Å². The van der Waals surface area contributed by atoms with Crippen molar-refractivity contribution in [1.82, 2.24) is 9.62 Å². The molecule has 5 heteroatoms. The summed E-state index contributed by atoms with van der Waals surface area (Å²) in [6.07, 6.45) is 7.68. The van der Waals surface area contributed by atoms with Crippen LogP contribution in [0, 0.1) is 5.92 Å². The zero-order chi connectivity index (χ0) is 13.7. The van der Waals surface area contributed by atoms with E-state index >= 15 is 0 Å². The third kappa shape index (κ3) is 5.79. The molecule has 0 bridgehead atoms. The lowest BCUT2D eigenvalue weighted by Gasteiger charge is -2.21. The first kappa shape index (κ1) is 15.3. The van der Waals surface area contributed by atoms with Crippen molar-refractivity contribution in [3.05, 3.63) is 0 Å². The normalized spacial score (nSPS) is 20.1. The van der Waals surface area contributed by atoms with Gasteiger partial charge in [-0.05, 0) is 57.4 Å². The van der Waals surface area contributed by atoms with Crippen LogP contribution in [0.4, 0.5) is 0 Å². The van der Waals surface area contributed by atoms with Crippen molar-refractivity contribution in [2.45, 2.75) is 57.9 Å². The van der Waals surface area contributed by atoms with E-state index in [1.807, 2.05) is 0 Å². The fourth-order valence-electron chi connectivity index (χ4n) is 2.31. The Morgan fingerprint density at radius 3 is 2.47 bits per heavy atom. The van der Waals surface area contributed by atoms with Crippen molar-refractivity contribution < 1.29 is 8.42 Å². The second-order valence-electron chi connectivity index (χ2n) is 6.05. The van der Waals surface area contributed by atoms with Gasteiger partial charge in [0.2, 0.25) is 10.0 Å². The van der Waals surface area contributed by atoms with E-state index in [1.54, 1.807) is 4.31 Å². The molecular weight excluding hydrogens is 260 g/mol. The minimum atomic E-state index is -3.02. The highest BCUT2D eigenvalue weighted by Crippen LogP contribution is 2.30. The summed E-state index contributed by atoms with van der Waals surface area (Å²) in [5.41, 5.74) is 0. The Balaban J connectivity index is 1.67. The van der Waals surface area contributed by atoms with E-state index in [9.17, 15) is 8.42 Å². The Hall–Kier alpha value is -0.130. The molecule has 0 amide bonds. The maximum atomic E-state index is 12.3. The summed E-state index contributed by atoms with van der Waals surface area (Å²) in [7, 11) is -3.02. The van der Waals surface area contributed by atoms with Crippen molar-refractivity contribution in [3.8, 4) is 0 Å². The predicted octanol–water partition coefficient (Wildman–Crippen LogP) is 1.97. The summed E-state index contributed by atoms with van der Waals surface area (Å²) in [6.45, 7) is 4.47. The highest BCUT2D eigenvalue weighted by atomic mass is 32.2. The van der Waals surface area contributed by atoms with E-state index in [1.165, 1.54) is 25.7 Å². The van der Waals surface area contributed by atoms with Gasteiger partial charge in [-0.25, -0.2) is 12.7 Å². The van der Waals surface area contributed by atoms with E-state index in [-0.39, 0.29) is 0 Å². The first-order valence-electron chi connectivity index (χ1n) is 7.83. The highest BCUT2D eigenvalue weighted by Gasteiger charge is 2.29. The van der Waals surface area contributed by atoms with Crippen LogP contribution in [-0.2, 0) is 10.0 Å². The number of sulfonamides is 1. The summed E-state index contributed by atoms with van der Waals surface area (Å²) >= 11 is 0. The molecule has 0 aliphatic heterocycles. The minimum Gasteiger partial charge on any atom is -0.314 e. The van der Waals surface area contributed by atoms with Crippen LogP contribution < -0.4 is 5.32 Å². The fraction of sp³-hybridized carbons (Fsp3) is 1.00. The molecule has 0 heterocycles. The quantitative estimate of drug-likeness (QED) is 0.591. The van der Waals surface area contributed by atoms with Gasteiger partial charge in [0.05, 0.1) is 5.75 Å². The average molecular weight is 288 g/mol. The standard InChI is InChI=1S/C14H28N2O2S/c1-2-10-16(12-13-5-6-13)19(17,18)11-4-3-9-15-14-7-8-14/h13-15H,2-12H2,1H3. The van der Waals surface area contributed by atoms with E-state index in [0.717, 1.165) is 38.4 Å². The maximum absolute atomic E-state index is 12.3. The number of nitrogens with one attached hydrogen (secondary N) is 1. The molecule has 1 N–H and O–H groups in total. The highest BCUT2D eigenvalue weighted by molar-refractivity contribution is 7.89. The molecule has 4 nitrogen and oxygen atoms in total. The van der Waals surface area contributed by atoms with Crippen molar-refractivity contribution in [1.29, 1.82) is 0 Å². The van der Waals surface area contributed by atoms with Gasteiger partial charge in [0, 0.05) is 19.1 Å². The summed E-state index contributed by atoms with van der Waals surface area (Å²) < 4.78 is 26.3. The molecule has 0 unspecified atom stereocenters. The summed E-state index contributed by atoms with van der Waals surface area (Å²) in [5.74, 6) is 0.962. The van der Waals surface area contributed by atoms with Gasteiger partial charge in [-0.2, -0.15) is 0 Å². The first-order valence-corrected chi connectivity index (χ1v) is 9.44. The molecule has 0 aromatic heterocycles. The van der Waals surface area contributed by atoms with Gasteiger partial charge in [0.1, 0.15) is 0 Å². The van der Waals surface area contributed by atoms with Crippen LogP contribution in [0.25, 0.3) is 0 Å². The average Bonchev–Trinajstić information content (AvgIpc) is 3.23. The second kappa shape index (κ2) is 7.04. The van der Waals surface area contributed by atoms with Gasteiger partial charge in [-0.3, -0.25) is 0 Å². The van der Waals surface area contributed by atoms with Crippen LogP contribution in [-0.4, -0.2) is 44.2 Å². The summed E-state index contributed by atoms with van der Waals surface area (Å²) in [6, 6.07) is 0.725. The molecule has 19 heavy (non-hydrogen) atoms. The van der Waals surface area contributed by atoms with Crippen LogP contribution in [0.3, 0.4) is 0 Å². The van der Waals surface area contributed by atoms with Crippen LogP contribution in [0.15, 0.2) is 0 Å². The van der Waals surface area contributed by atoms with Crippen molar-refractivity contribution in [3.63, 3.8) is 0 Å². The Kier molecular flexibility index (Phi) is 5.66. The summed E-state index contributed by atoms with van der Waals surface area (Å²) in [4.78, 5) is 0. The molecule has 2 fully saturated rings. The zero-order valence-electron chi connectivity index (χ0n) is 12.1. The van der Waals surface area contributed by atoms with Crippen molar-refractivity contribution in [2.75, 3.05) is 25.4 Å². The molecule has 0 atom stereocenters. The van der Waals surface area contributed by atoms with E-state index in [0.29, 0.717) is 18.2 Å². The van der Waals surface area contributed by atoms with Crippen LogP contribution in [0.2, 0.25) is 0 Å². The second-order valence-corrected chi connectivity index (χ2v) is 8.14. The monoisotopic (exact) mass is 288 g/mol. The van der Waals surface area contributed by atoms with Gasteiger partial charge < -0.3 is 5.32 Å². The lowest BCUT2D eigenvalue weighted by molar-refractivity contribution is 0.394. The Labute approximate surface area is 118 Å². The van der Waals surface area contributed by atoms with Gasteiger partial charge >= 0.3 is 0 Å². The molecule has 0 radical (unpaired) electrons. The number of hydrogen-bond acceptors (Lipinski definition) is 3. The molecule has 2 aliphatic carbocycles. The molecular formula is C14H28N2O2S. The van der Waals surface area contributed by atoms with Gasteiger partial charge in [0.25, 0.3) is 0 Å². The Morgan fingerprint density at radius 1 is 1.16 bits per heavy atom. The fourth-order valence-corrected chi connectivity index (χ4v) is 4.04. The smallest absolute Gasteiger partial charge is 0.214 e. The third-order valence-corrected chi connectivity index (χ3v) is 5.79. The van der Waals surface area contributed by atoms with Crippen LogP contribution in [0.1, 0.15) is 51.9 Å². The Morgan fingerprint density at radius 2 is 1.89 bits per heavy atom. The maximum Gasteiger partial charge on any atom is 0.214 e. The number of nitrogens with zero attached hydrogens (tertiary/aromatic N) is 1. The molecule has 0 spiro atoms. The summed E-state index contributed by atoms with van der Waals surface area (Å²) in [5, 5.41) is 3.43. The molecule has 112 valence electrons. The minimum absolute atomic E-state index is 0.325. The number of unbranched alkanes of at least 4 members (excludes halogenated alkanes) is 1. The predicted molar refractivity (Wildman–Crippen MR) is 78.6 cm³/mol. The third-order valence-electron chi connectivity index (χ3n) is 3.86. The molecule has 0 aromatic rings. The van der Waals surface area contributed by atoms with E-state index in [2.05, 4.69) is 12.2 Å². The molecule has 2 aliphatic rings. The van der Waals surface area contributed by atoms with E-state index in [4.69, 9.17) is 0 Å². The van der Waals surface area contributed by atoms with Crippen molar-refractivity contribution in [2.24, 2.45) is 5.92 Å².